The lowest BCUT2D eigenvalue weighted by Gasteiger charge is -2.24. The number of hydrogen-bond acceptors (Lipinski definition) is 3. The van der Waals surface area contributed by atoms with Crippen molar-refractivity contribution in [3.63, 3.8) is 0 Å². The lowest BCUT2D eigenvalue weighted by molar-refractivity contribution is 0.0440. The molecule has 1 aliphatic rings. The minimum Gasteiger partial charge on any atom is -0.442 e. The number of halogens is 1. The van der Waals surface area contributed by atoms with Gasteiger partial charge in [-0.3, -0.25) is 0 Å². The topological polar surface area (TPSA) is 26.3 Å². The molecule has 18 heavy (non-hydrogen) atoms. The Bertz CT molecular complexity index is 595. The number of ether oxygens (including phenoxy) is 1. The molecule has 0 bridgehead atoms. The van der Waals surface area contributed by atoms with Crippen molar-refractivity contribution in [1.82, 2.24) is 0 Å². The zero-order valence-electron chi connectivity index (χ0n) is 9.30. The van der Waals surface area contributed by atoms with Crippen molar-refractivity contribution in [1.29, 1.82) is 0 Å². The molecule has 1 heterocycles. The van der Waals surface area contributed by atoms with Crippen LogP contribution in [0.1, 0.15) is 21.4 Å². The molecule has 0 unspecified atom stereocenters. The van der Waals surface area contributed by atoms with Crippen molar-refractivity contribution < 1.29 is 9.53 Å². The summed E-state index contributed by atoms with van der Waals surface area (Å²) in [4.78, 5) is 12.8. The van der Waals surface area contributed by atoms with Gasteiger partial charge in [0.2, 0.25) is 0 Å². The first-order chi connectivity index (χ1) is 8.74. The lowest BCUT2D eigenvalue weighted by Crippen LogP contribution is -2.15. The molecule has 0 aromatic heterocycles. The first-order valence-electron chi connectivity index (χ1n) is 5.46. The highest BCUT2D eigenvalue weighted by Crippen LogP contribution is 2.42. The van der Waals surface area contributed by atoms with Crippen molar-refractivity contribution in [2.75, 3.05) is 0 Å². The molecule has 90 valence electrons. The van der Waals surface area contributed by atoms with Crippen LogP contribution in [0.2, 0.25) is 5.02 Å². The Morgan fingerprint density at radius 1 is 1.06 bits per heavy atom. The summed E-state index contributed by atoms with van der Waals surface area (Å²) in [5.41, 5.74) is 1.27. The molecule has 0 amide bonds. The smallest absolute Gasteiger partial charge is 0.340 e. The Kier molecular flexibility index (Phi) is 3.02. The number of hydrogen-bond donors (Lipinski definition) is 0. The number of esters is 1. The second kappa shape index (κ2) is 4.67. The van der Waals surface area contributed by atoms with E-state index in [0.717, 1.165) is 10.5 Å². The predicted octanol–water partition coefficient (Wildman–Crippen LogP) is 4.30. The Balaban J connectivity index is 1.94. The highest BCUT2D eigenvalue weighted by atomic mass is 35.5. The van der Waals surface area contributed by atoms with Gasteiger partial charge in [-0.05, 0) is 24.3 Å². The molecule has 0 N–H and O–H groups in total. The Morgan fingerprint density at radius 3 is 2.56 bits per heavy atom. The molecular weight excluding hydrogens is 268 g/mol. The summed E-state index contributed by atoms with van der Waals surface area (Å²) < 4.78 is 5.42. The van der Waals surface area contributed by atoms with Crippen LogP contribution < -0.4 is 0 Å². The fourth-order valence-corrected chi connectivity index (χ4v) is 3.01. The van der Waals surface area contributed by atoms with E-state index in [1.54, 1.807) is 18.2 Å². The van der Waals surface area contributed by atoms with Gasteiger partial charge in [0.15, 0.2) is 5.44 Å². The van der Waals surface area contributed by atoms with E-state index >= 15 is 0 Å². The molecule has 2 aromatic carbocycles. The van der Waals surface area contributed by atoms with E-state index in [9.17, 15) is 4.79 Å². The molecule has 0 radical (unpaired) electrons. The number of carbonyl (C=O) groups is 1. The zero-order chi connectivity index (χ0) is 12.5. The lowest BCUT2D eigenvalue weighted by atomic mass is 10.2. The van der Waals surface area contributed by atoms with E-state index in [4.69, 9.17) is 16.3 Å². The number of fused-ring (bicyclic) bond motifs is 1. The molecule has 1 atom stereocenters. The fourth-order valence-electron chi connectivity index (χ4n) is 1.79. The maximum atomic E-state index is 11.9. The van der Waals surface area contributed by atoms with Gasteiger partial charge in [-0.2, -0.15) is 0 Å². The molecule has 0 spiro atoms. The first kappa shape index (κ1) is 11.6. The Hall–Kier alpha value is -1.45. The van der Waals surface area contributed by atoms with Gasteiger partial charge in [-0.1, -0.05) is 47.6 Å². The van der Waals surface area contributed by atoms with E-state index in [0.29, 0.717) is 10.6 Å². The van der Waals surface area contributed by atoms with Crippen LogP contribution in [0.15, 0.2) is 53.4 Å². The summed E-state index contributed by atoms with van der Waals surface area (Å²) in [7, 11) is 0. The molecule has 3 rings (SSSR count). The van der Waals surface area contributed by atoms with Crippen molar-refractivity contribution in [2.45, 2.75) is 10.3 Å². The van der Waals surface area contributed by atoms with Crippen LogP contribution in [0.3, 0.4) is 0 Å². The van der Waals surface area contributed by atoms with Gasteiger partial charge < -0.3 is 4.74 Å². The zero-order valence-corrected chi connectivity index (χ0v) is 10.9. The first-order valence-corrected chi connectivity index (χ1v) is 6.72. The molecule has 0 saturated heterocycles. The average Bonchev–Trinajstić information content (AvgIpc) is 2.39. The van der Waals surface area contributed by atoms with Crippen molar-refractivity contribution in [3.8, 4) is 0 Å². The van der Waals surface area contributed by atoms with Crippen LogP contribution in [0.4, 0.5) is 0 Å². The predicted molar refractivity (Wildman–Crippen MR) is 71.9 cm³/mol. The van der Waals surface area contributed by atoms with Gasteiger partial charge in [0, 0.05) is 15.5 Å². The van der Waals surface area contributed by atoms with Crippen LogP contribution in [-0.4, -0.2) is 5.97 Å². The molecule has 4 heteroatoms. The Morgan fingerprint density at radius 2 is 1.78 bits per heavy atom. The third-order valence-corrected chi connectivity index (χ3v) is 4.14. The van der Waals surface area contributed by atoms with Crippen molar-refractivity contribution in [3.05, 3.63) is 64.7 Å². The standard InChI is InChI=1S/C14H9ClO2S/c15-10-7-5-9(6-8-10)14-17-13(16)11-3-1-2-4-12(11)18-14/h1-8,14H/t14-/m1/s1. The minimum atomic E-state index is -0.301. The highest BCUT2D eigenvalue weighted by Gasteiger charge is 2.27. The second-order valence-electron chi connectivity index (χ2n) is 3.90. The van der Waals surface area contributed by atoms with E-state index in [2.05, 4.69) is 0 Å². The van der Waals surface area contributed by atoms with Gasteiger partial charge in [0.1, 0.15) is 0 Å². The highest BCUT2D eigenvalue weighted by molar-refractivity contribution is 7.99. The van der Waals surface area contributed by atoms with Gasteiger partial charge >= 0.3 is 5.97 Å². The average molecular weight is 277 g/mol. The van der Waals surface area contributed by atoms with Crippen LogP contribution in [-0.2, 0) is 4.74 Å². The van der Waals surface area contributed by atoms with E-state index in [1.165, 1.54) is 11.8 Å². The Labute approximate surface area is 114 Å². The number of thioether (sulfide) groups is 1. The molecule has 2 aromatic rings. The number of rotatable bonds is 1. The van der Waals surface area contributed by atoms with Gasteiger partial charge in [-0.25, -0.2) is 4.79 Å². The van der Waals surface area contributed by atoms with E-state index < -0.39 is 0 Å². The van der Waals surface area contributed by atoms with Crippen LogP contribution in [0.5, 0.6) is 0 Å². The van der Waals surface area contributed by atoms with Crippen molar-refractivity contribution >= 4 is 29.3 Å². The largest absolute Gasteiger partial charge is 0.442 e. The summed E-state index contributed by atoms with van der Waals surface area (Å²) in [5, 5.41) is 0.672. The molecule has 0 aliphatic carbocycles. The van der Waals surface area contributed by atoms with Crippen LogP contribution >= 0.6 is 23.4 Å². The number of cyclic esters (lactones) is 1. The molecule has 0 fully saturated rings. The minimum absolute atomic E-state index is 0.274. The summed E-state index contributed by atoms with van der Waals surface area (Å²) in [6.45, 7) is 0. The molecule has 1 aliphatic heterocycles. The van der Waals surface area contributed by atoms with Gasteiger partial charge in [0.05, 0.1) is 5.56 Å². The summed E-state index contributed by atoms with van der Waals surface area (Å²) >= 11 is 7.38. The molecule has 2 nitrogen and oxygen atoms in total. The third kappa shape index (κ3) is 2.11. The van der Waals surface area contributed by atoms with E-state index in [1.807, 2.05) is 30.3 Å². The van der Waals surface area contributed by atoms with E-state index in [-0.39, 0.29) is 11.4 Å². The number of carbonyl (C=O) groups excluding carboxylic acids is 1. The fraction of sp³-hybridized carbons (Fsp3) is 0.0714. The third-order valence-electron chi connectivity index (χ3n) is 2.70. The summed E-state index contributed by atoms with van der Waals surface area (Å²) in [6.07, 6.45) is 0. The molecule has 0 saturated carbocycles. The van der Waals surface area contributed by atoms with Crippen LogP contribution in [0, 0.1) is 0 Å². The quantitative estimate of drug-likeness (QED) is 0.727. The van der Waals surface area contributed by atoms with Gasteiger partial charge in [-0.15, -0.1) is 0 Å². The monoisotopic (exact) mass is 276 g/mol. The normalized spacial score (nSPS) is 18.1. The maximum absolute atomic E-state index is 11.9. The van der Waals surface area contributed by atoms with Crippen molar-refractivity contribution in [2.24, 2.45) is 0 Å². The maximum Gasteiger partial charge on any atom is 0.340 e. The number of benzene rings is 2. The van der Waals surface area contributed by atoms with Gasteiger partial charge in [0.25, 0.3) is 0 Å². The summed E-state index contributed by atoms with van der Waals surface area (Å²) in [6, 6.07) is 14.8. The molecular formula is C14H9ClO2S. The second-order valence-corrected chi connectivity index (χ2v) is 5.44. The SMILES string of the molecule is O=C1O[C@@H](c2ccc(Cl)cc2)Sc2ccccc21. The summed E-state index contributed by atoms with van der Waals surface area (Å²) in [5.74, 6) is -0.274. The van der Waals surface area contributed by atoms with Crippen LogP contribution in [0.25, 0.3) is 0 Å².